The Hall–Kier alpha value is -2.05. The van der Waals surface area contributed by atoms with E-state index in [1.54, 1.807) is 24.6 Å². The average Bonchev–Trinajstić information content (AvgIpc) is 3.13. The van der Waals surface area contributed by atoms with Crippen molar-refractivity contribution in [1.82, 2.24) is 4.98 Å². The molecule has 0 amide bonds. The molecule has 1 heterocycles. The van der Waals surface area contributed by atoms with Crippen LogP contribution in [0.25, 0.3) is 0 Å². The highest BCUT2D eigenvalue weighted by Gasteiger charge is 2.13. The Kier molecular flexibility index (Phi) is 5.94. The highest BCUT2D eigenvalue weighted by atomic mass is 79.9. The molecule has 1 aromatic heterocycles. The lowest BCUT2D eigenvalue weighted by Crippen LogP contribution is -2.03. The van der Waals surface area contributed by atoms with Crippen LogP contribution in [0.4, 0.5) is 5.13 Å². The minimum absolute atomic E-state index is 0.498. The van der Waals surface area contributed by atoms with Crippen molar-refractivity contribution >= 4 is 32.4 Å². The number of benzene rings is 2. The van der Waals surface area contributed by atoms with Crippen molar-refractivity contribution in [3.63, 3.8) is 0 Å². The smallest absolute Gasteiger partial charge is 0.182 e. The number of nitrogens with zero attached hydrogens (tertiary/aromatic N) is 1. The number of aryl methyl sites for hydroxylation is 1. The maximum absolute atomic E-state index is 6.03. The van der Waals surface area contributed by atoms with E-state index in [0.29, 0.717) is 24.7 Å². The molecule has 0 saturated heterocycles. The minimum atomic E-state index is 0.498. The quantitative estimate of drug-likeness (QED) is 0.556. The van der Waals surface area contributed by atoms with Crippen LogP contribution in [0, 0.1) is 6.92 Å². The van der Waals surface area contributed by atoms with Gasteiger partial charge in [-0.3, -0.25) is 0 Å². The molecule has 0 fully saturated rings. The molecule has 0 bridgehead atoms. The second-order valence-corrected chi connectivity index (χ2v) is 7.26. The number of aromatic nitrogens is 1. The predicted octanol–water partition coefficient (Wildman–Crippen LogP) is 5.41. The van der Waals surface area contributed by atoms with E-state index in [1.165, 1.54) is 5.56 Å². The molecule has 1 N–H and O–H groups in total. The molecule has 6 heteroatoms. The van der Waals surface area contributed by atoms with Gasteiger partial charge in [-0.25, -0.2) is 4.98 Å². The van der Waals surface area contributed by atoms with Crippen molar-refractivity contribution in [2.75, 3.05) is 12.4 Å². The van der Waals surface area contributed by atoms with E-state index >= 15 is 0 Å². The molecule has 25 heavy (non-hydrogen) atoms. The largest absolute Gasteiger partial charge is 0.493 e. The van der Waals surface area contributed by atoms with E-state index in [9.17, 15) is 0 Å². The lowest BCUT2D eigenvalue weighted by molar-refractivity contribution is 0.282. The maximum atomic E-state index is 6.03. The molecule has 2 aromatic carbocycles. The Balaban J connectivity index is 1.74. The Morgan fingerprint density at radius 1 is 1.24 bits per heavy atom. The first-order chi connectivity index (χ1) is 12.2. The SMILES string of the molecule is COc1cc(CNc2nccs2)cc(Br)c1OCc1ccccc1C. The molecule has 0 aliphatic carbocycles. The van der Waals surface area contributed by atoms with Crippen LogP contribution >= 0.6 is 27.3 Å². The number of ether oxygens (including phenoxy) is 2. The van der Waals surface area contributed by atoms with Gasteiger partial charge in [0, 0.05) is 18.1 Å². The van der Waals surface area contributed by atoms with Gasteiger partial charge in [-0.2, -0.15) is 0 Å². The van der Waals surface area contributed by atoms with Gasteiger partial charge >= 0.3 is 0 Å². The molecule has 0 aliphatic heterocycles. The molecule has 3 aromatic rings. The fourth-order valence-electron chi connectivity index (χ4n) is 2.43. The monoisotopic (exact) mass is 418 g/mol. The van der Waals surface area contributed by atoms with Crippen LogP contribution in [0.3, 0.4) is 0 Å². The van der Waals surface area contributed by atoms with Crippen LogP contribution in [-0.2, 0) is 13.2 Å². The van der Waals surface area contributed by atoms with Gasteiger partial charge < -0.3 is 14.8 Å². The number of methoxy groups -OCH3 is 1. The summed E-state index contributed by atoms with van der Waals surface area (Å²) in [7, 11) is 1.65. The number of halogens is 1. The second-order valence-electron chi connectivity index (χ2n) is 5.51. The fraction of sp³-hybridized carbons (Fsp3) is 0.211. The number of rotatable bonds is 7. The summed E-state index contributed by atoms with van der Waals surface area (Å²) >= 11 is 5.18. The lowest BCUT2D eigenvalue weighted by Gasteiger charge is -2.15. The maximum Gasteiger partial charge on any atom is 0.182 e. The highest BCUT2D eigenvalue weighted by molar-refractivity contribution is 9.10. The Bertz CT molecular complexity index is 837. The summed E-state index contributed by atoms with van der Waals surface area (Å²) in [6.45, 7) is 3.25. The van der Waals surface area contributed by atoms with Crippen LogP contribution in [0.15, 0.2) is 52.4 Å². The van der Waals surface area contributed by atoms with Crippen LogP contribution in [0.5, 0.6) is 11.5 Å². The minimum Gasteiger partial charge on any atom is -0.493 e. The topological polar surface area (TPSA) is 43.4 Å². The van der Waals surface area contributed by atoms with Gasteiger partial charge in [0.25, 0.3) is 0 Å². The number of hydrogen-bond donors (Lipinski definition) is 1. The summed E-state index contributed by atoms with van der Waals surface area (Å²) in [6, 6.07) is 12.2. The van der Waals surface area contributed by atoms with Gasteiger partial charge in [0.2, 0.25) is 0 Å². The van der Waals surface area contributed by atoms with Gasteiger partial charge in [0.1, 0.15) is 6.61 Å². The first-order valence-electron chi connectivity index (χ1n) is 7.84. The standard InChI is InChI=1S/C19H19BrN2O2S/c1-13-5-3-4-6-15(13)12-24-18-16(20)9-14(10-17(18)23-2)11-22-19-21-7-8-25-19/h3-10H,11-12H2,1-2H3,(H,21,22). The third kappa shape index (κ3) is 4.52. The molecule has 0 atom stereocenters. The van der Waals surface area contributed by atoms with Crippen molar-refractivity contribution in [3.05, 3.63) is 69.1 Å². The van der Waals surface area contributed by atoms with E-state index in [1.807, 2.05) is 29.6 Å². The second kappa shape index (κ2) is 8.36. The number of hydrogen-bond acceptors (Lipinski definition) is 5. The Labute approximate surface area is 160 Å². The molecule has 0 radical (unpaired) electrons. The van der Waals surface area contributed by atoms with E-state index in [4.69, 9.17) is 9.47 Å². The molecular weight excluding hydrogens is 400 g/mol. The summed E-state index contributed by atoms with van der Waals surface area (Å²) < 4.78 is 12.4. The number of anilines is 1. The average molecular weight is 419 g/mol. The number of nitrogens with one attached hydrogen (secondary N) is 1. The predicted molar refractivity (Wildman–Crippen MR) is 106 cm³/mol. The van der Waals surface area contributed by atoms with Gasteiger partial charge in [-0.05, 0) is 51.7 Å². The van der Waals surface area contributed by atoms with E-state index in [2.05, 4.69) is 45.3 Å². The van der Waals surface area contributed by atoms with Gasteiger partial charge in [-0.15, -0.1) is 11.3 Å². The van der Waals surface area contributed by atoms with Crippen LogP contribution in [-0.4, -0.2) is 12.1 Å². The van der Waals surface area contributed by atoms with Gasteiger partial charge in [-0.1, -0.05) is 24.3 Å². The highest BCUT2D eigenvalue weighted by Crippen LogP contribution is 2.37. The van der Waals surface area contributed by atoms with E-state index < -0.39 is 0 Å². The molecular formula is C19H19BrN2O2S. The Morgan fingerprint density at radius 3 is 2.80 bits per heavy atom. The summed E-state index contributed by atoms with van der Waals surface area (Å²) in [5, 5.41) is 6.14. The van der Waals surface area contributed by atoms with E-state index in [0.717, 1.165) is 20.7 Å². The van der Waals surface area contributed by atoms with Crippen LogP contribution in [0.2, 0.25) is 0 Å². The molecule has 4 nitrogen and oxygen atoms in total. The van der Waals surface area contributed by atoms with Crippen molar-refractivity contribution in [2.24, 2.45) is 0 Å². The molecule has 0 aliphatic rings. The van der Waals surface area contributed by atoms with E-state index in [-0.39, 0.29) is 0 Å². The molecule has 130 valence electrons. The van der Waals surface area contributed by atoms with Crippen molar-refractivity contribution in [1.29, 1.82) is 0 Å². The lowest BCUT2D eigenvalue weighted by atomic mass is 10.1. The zero-order valence-corrected chi connectivity index (χ0v) is 16.5. The summed E-state index contributed by atoms with van der Waals surface area (Å²) in [4.78, 5) is 4.22. The summed E-state index contributed by atoms with van der Waals surface area (Å²) in [6.07, 6.45) is 1.78. The van der Waals surface area contributed by atoms with Crippen LogP contribution < -0.4 is 14.8 Å². The summed E-state index contributed by atoms with van der Waals surface area (Å²) in [5.74, 6) is 1.42. The third-order valence-electron chi connectivity index (χ3n) is 3.80. The summed E-state index contributed by atoms with van der Waals surface area (Å²) in [5.41, 5.74) is 3.45. The molecule has 0 unspecified atom stereocenters. The number of thiazole rings is 1. The Morgan fingerprint density at radius 2 is 2.08 bits per heavy atom. The molecule has 0 saturated carbocycles. The van der Waals surface area contributed by atoms with Crippen LogP contribution in [0.1, 0.15) is 16.7 Å². The zero-order chi connectivity index (χ0) is 17.6. The van der Waals surface area contributed by atoms with Crippen molar-refractivity contribution in [3.8, 4) is 11.5 Å². The third-order valence-corrected chi connectivity index (χ3v) is 5.12. The van der Waals surface area contributed by atoms with Crippen molar-refractivity contribution in [2.45, 2.75) is 20.1 Å². The first-order valence-corrected chi connectivity index (χ1v) is 9.51. The van der Waals surface area contributed by atoms with Crippen molar-refractivity contribution < 1.29 is 9.47 Å². The fourth-order valence-corrected chi connectivity index (χ4v) is 3.56. The van der Waals surface area contributed by atoms with Gasteiger partial charge in [0.15, 0.2) is 16.6 Å². The normalized spacial score (nSPS) is 10.5. The molecule has 0 spiro atoms. The van der Waals surface area contributed by atoms with Gasteiger partial charge in [0.05, 0.1) is 11.6 Å². The molecule has 3 rings (SSSR count). The first kappa shape index (κ1) is 17.8. The zero-order valence-electron chi connectivity index (χ0n) is 14.1.